The van der Waals surface area contributed by atoms with Gasteiger partial charge in [-0.3, -0.25) is 4.98 Å². The second-order valence-corrected chi connectivity index (χ2v) is 5.73. The van der Waals surface area contributed by atoms with Crippen molar-refractivity contribution in [3.05, 3.63) is 65.5 Å². The van der Waals surface area contributed by atoms with E-state index in [2.05, 4.69) is 67.5 Å². The molecule has 2 aromatic rings. The number of nitrogens with one attached hydrogen (secondary N) is 1. The summed E-state index contributed by atoms with van der Waals surface area (Å²) in [7, 11) is 0. The van der Waals surface area contributed by atoms with E-state index in [0.29, 0.717) is 12.0 Å². The third-order valence-electron chi connectivity index (χ3n) is 4.09. The maximum absolute atomic E-state index is 4.51. The Balaban J connectivity index is 2.00. The molecule has 1 aromatic heterocycles. The first-order valence-corrected chi connectivity index (χ1v) is 7.90. The van der Waals surface area contributed by atoms with Crippen LogP contribution in [0.15, 0.2) is 48.7 Å². The fourth-order valence-electron chi connectivity index (χ4n) is 2.72. The van der Waals surface area contributed by atoms with Crippen LogP contribution >= 0.6 is 0 Å². The number of benzene rings is 1. The summed E-state index contributed by atoms with van der Waals surface area (Å²) < 4.78 is 0. The van der Waals surface area contributed by atoms with E-state index in [4.69, 9.17) is 0 Å². The quantitative estimate of drug-likeness (QED) is 0.827. The van der Waals surface area contributed by atoms with E-state index in [9.17, 15) is 0 Å². The Kier molecular flexibility index (Phi) is 5.94. The van der Waals surface area contributed by atoms with Gasteiger partial charge < -0.3 is 5.32 Å². The second-order valence-electron chi connectivity index (χ2n) is 5.73. The lowest BCUT2D eigenvalue weighted by atomic mass is 9.92. The zero-order valence-corrected chi connectivity index (χ0v) is 13.3. The van der Waals surface area contributed by atoms with E-state index < -0.39 is 0 Å². The minimum absolute atomic E-state index is 0.427. The van der Waals surface area contributed by atoms with Crippen LogP contribution in [0.1, 0.15) is 43.0 Å². The van der Waals surface area contributed by atoms with Gasteiger partial charge in [0.15, 0.2) is 0 Å². The fourth-order valence-corrected chi connectivity index (χ4v) is 2.72. The molecule has 2 rings (SSSR count). The van der Waals surface area contributed by atoms with Crippen LogP contribution in [-0.4, -0.2) is 17.6 Å². The molecule has 2 heteroatoms. The SMILES string of the molecule is CCNC(CCc1ccc(C)cc1)C(C)c1ccccn1. The number of hydrogen-bond acceptors (Lipinski definition) is 2. The molecule has 1 aromatic carbocycles. The van der Waals surface area contributed by atoms with E-state index in [1.54, 1.807) is 0 Å². The standard InChI is InChI=1S/C19H26N2/c1-4-20-19(16(3)18-7-5-6-14-21-18)13-12-17-10-8-15(2)9-11-17/h5-11,14,16,19-20H,4,12-13H2,1-3H3. The average molecular weight is 282 g/mol. The lowest BCUT2D eigenvalue weighted by Crippen LogP contribution is -2.34. The highest BCUT2D eigenvalue weighted by molar-refractivity contribution is 5.21. The Morgan fingerprint density at radius 3 is 2.48 bits per heavy atom. The van der Waals surface area contributed by atoms with Crippen molar-refractivity contribution in [1.29, 1.82) is 0 Å². The Hall–Kier alpha value is -1.67. The molecule has 1 N–H and O–H groups in total. The maximum atomic E-state index is 4.51. The Morgan fingerprint density at radius 2 is 1.86 bits per heavy atom. The van der Waals surface area contributed by atoms with Crippen LogP contribution in [0.5, 0.6) is 0 Å². The molecule has 0 amide bonds. The predicted octanol–water partition coefficient (Wildman–Crippen LogP) is 4.10. The highest BCUT2D eigenvalue weighted by atomic mass is 14.9. The van der Waals surface area contributed by atoms with Gasteiger partial charge in [-0.2, -0.15) is 0 Å². The maximum Gasteiger partial charge on any atom is 0.0447 e. The highest BCUT2D eigenvalue weighted by Crippen LogP contribution is 2.20. The van der Waals surface area contributed by atoms with Gasteiger partial charge in [-0.15, -0.1) is 0 Å². The molecular weight excluding hydrogens is 256 g/mol. The minimum Gasteiger partial charge on any atom is -0.314 e. The van der Waals surface area contributed by atoms with Gasteiger partial charge in [0.1, 0.15) is 0 Å². The van der Waals surface area contributed by atoms with Crippen LogP contribution in [0.2, 0.25) is 0 Å². The summed E-state index contributed by atoms with van der Waals surface area (Å²) in [6.45, 7) is 7.57. The second kappa shape index (κ2) is 7.94. The van der Waals surface area contributed by atoms with Gasteiger partial charge in [-0.25, -0.2) is 0 Å². The van der Waals surface area contributed by atoms with Crippen molar-refractivity contribution >= 4 is 0 Å². The topological polar surface area (TPSA) is 24.9 Å². The van der Waals surface area contributed by atoms with Crippen molar-refractivity contribution in [3.63, 3.8) is 0 Å². The van der Waals surface area contributed by atoms with Crippen LogP contribution < -0.4 is 5.32 Å². The first kappa shape index (κ1) is 15.7. The van der Waals surface area contributed by atoms with Gasteiger partial charge >= 0.3 is 0 Å². The molecule has 112 valence electrons. The third-order valence-corrected chi connectivity index (χ3v) is 4.09. The molecular formula is C19H26N2. The molecule has 0 aliphatic carbocycles. The van der Waals surface area contributed by atoms with Crippen LogP contribution in [0, 0.1) is 6.92 Å². The molecule has 0 aliphatic rings. The van der Waals surface area contributed by atoms with E-state index in [1.807, 2.05) is 12.3 Å². The summed E-state index contributed by atoms with van der Waals surface area (Å²) in [6.07, 6.45) is 4.12. The van der Waals surface area contributed by atoms with Crippen molar-refractivity contribution in [2.24, 2.45) is 0 Å². The van der Waals surface area contributed by atoms with Crippen molar-refractivity contribution in [3.8, 4) is 0 Å². The summed E-state index contributed by atoms with van der Waals surface area (Å²) in [5.41, 5.74) is 3.91. The van der Waals surface area contributed by atoms with Gasteiger partial charge in [0, 0.05) is 23.9 Å². The normalized spacial score (nSPS) is 13.9. The molecule has 0 fully saturated rings. The molecule has 0 saturated heterocycles. The molecule has 2 unspecified atom stereocenters. The summed E-state index contributed by atoms with van der Waals surface area (Å²) in [6, 6.07) is 15.5. The summed E-state index contributed by atoms with van der Waals surface area (Å²) in [5.74, 6) is 0.427. The number of aromatic nitrogens is 1. The first-order valence-electron chi connectivity index (χ1n) is 7.90. The number of pyridine rings is 1. The third kappa shape index (κ3) is 4.68. The van der Waals surface area contributed by atoms with Crippen molar-refractivity contribution in [1.82, 2.24) is 10.3 Å². The van der Waals surface area contributed by atoms with E-state index in [-0.39, 0.29) is 0 Å². The van der Waals surface area contributed by atoms with Crippen LogP contribution in [0.3, 0.4) is 0 Å². The first-order chi connectivity index (χ1) is 10.2. The van der Waals surface area contributed by atoms with Gasteiger partial charge in [0.25, 0.3) is 0 Å². The Bertz CT molecular complexity index is 519. The van der Waals surface area contributed by atoms with Crippen molar-refractivity contribution in [2.45, 2.75) is 45.6 Å². The molecule has 0 saturated carbocycles. The Labute approximate surface area is 128 Å². The molecule has 0 spiro atoms. The number of likely N-dealkylation sites (N-methyl/N-ethyl adjacent to an activating group) is 1. The van der Waals surface area contributed by atoms with Crippen molar-refractivity contribution in [2.75, 3.05) is 6.54 Å². The number of rotatable bonds is 7. The molecule has 2 atom stereocenters. The van der Waals surface area contributed by atoms with Crippen LogP contribution in [-0.2, 0) is 6.42 Å². The molecule has 2 nitrogen and oxygen atoms in total. The van der Waals surface area contributed by atoms with Crippen LogP contribution in [0.25, 0.3) is 0 Å². The lowest BCUT2D eigenvalue weighted by Gasteiger charge is -2.24. The summed E-state index contributed by atoms with van der Waals surface area (Å²) in [4.78, 5) is 4.51. The number of nitrogens with zero attached hydrogens (tertiary/aromatic N) is 1. The number of hydrogen-bond donors (Lipinski definition) is 1. The molecule has 0 bridgehead atoms. The van der Waals surface area contributed by atoms with E-state index in [1.165, 1.54) is 16.8 Å². The zero-order valence-electron chi connectivity index (χ0n) is 13.3. The van der Waals surface area contributed by atoms with Crippen LogP contribution in [0.4, 0.5) is 0 Å². The molecule has 0 radical (unpaired) electrons. The largest absolute Gasteiger partial charge is 0.314 e. The monoisotopic (exact) mass is 282 g/mol. The predicted molar refractivity (Wildman–Crippen MR) is 89.6 cm³/mol. The van der Waals surface area contributed by atoms with Gasteiger partial charge in [-0.05, 0) is 44.0 Å². The summed E-state index contributed by atoms with van der Waals surface area (Å²) in [5, 5.41) is 3.62. The fraction of sp³-hybridized carbons (Fsp3) is 0.421. The molecule has 21 heavy (non-hydrogen) atoms. The minimum atomic E-state index is 0.427. The smallest absolute Gasteiger partial charge is 0.0447 e. The van der Waals surface area contributed by atoms with Gasteiger partial charge in [0.05, 0.1) is 0 Å². The zero-order chi connectivity index (χ0) is 15.1. The van der Waals surface area contributed by atoms with Gasteiger partial charge in [-0.1, -0.05) is 49.7 Å². The Morgan fingerprint density at radius 1 is 1.10 bits per heavy atom. The van der Waals surface area contributed by atoms with Gasteiger partial charge in [0.2, 0.25) is 0 Å². The lowest BCUT2D eigenvalue weighted by molar-refractivity contribution is 0.428. The number of aryl methyl sites for hydroxylation is 2. The summed E-state index contributed by atoms with van der Waals surface area (Å²) >= 11 is 0. The average Bonchev–Trinajstić information content (AvgIpc) is 2.53. The molecule has 1 heterocycles. The van der Waals surface area contributed by atoms with E-state index >= 15 is 0 Å². The highest BCUT2D eigenvalue weighted by Gasteiger charge is 2.18. The van der Waals surface area contributed by atoms with Crippen molar-refractivity contribution < 1.29 is 0 Å². The molecule has 0 aliphatic heterocycles. The van der Waals surface area contributed by atoms with E-state index in [0.717, 1.165) is 19.4 Å².